The summed E-state index contributed by atoms with van der Waals surface area (Å²) in [6.07, 6.45) is 2.22. The van der Waals surface area contributed by atoms with Crippen LogP contribution in [0.5, 0.6) is 0 Å². The van der Waals surface area contributed by atoms with Gasteiger partial charge >= 0.3 is 4.87 Å². The Morgan fingerprint density at radius 3 is 2.93 bits per heavy atom. The minimum absolute atomic E-state index is 0.111. The van der Waals surface area contributed by atoms with Gasteiger partial charge in [0, 0.05) is 42.8 Å². The van der Waals surface area contributed by atoms with E-state index < -0.39 is 0 Å². The monoisotopic (exact) mass is 225 g/mol. The van der Waals surface area contributed by atoms with Gasteiger partial charge in [-0.3, -0.25) is 9.69 Å². The Morgan fingerprint density at radius 1 is 1.33 bits per heavy atom. The fourth-order valence-electron chi connectivity index (χ4n) is 2.58. The van der Waals surface area contributed by atoms with Crippen LogP contribution in [0.15, 0.2) is 4.79 Å². The Morgan fingerprint density at radius 2 is 2.13 bits per heavy atom. The Bertz CT molecular complexity index is 405. The van der Waals surface area contributed by atoms with Crippen LogP contribution in [0.25, 0.3) is 0 Å². The zero-order chi connectivity index (χ0) is 10.3. The fraction of sp³-hybridized carbons (Fsp3) is 0.700. The molecule has 1 atom stereocenters. The van der Waals surface area contributed by atoms with Crippen LogP contribution in [-0.2, 0) is 6.42 Å². The van der Waals surface area contributed by atoms with Crippen LogP contribution in [0.3, 0.4) is 0 Å². The van der Waals surface area contributed by atoms with Crippen LogP contribution in [0, 0.1) is 0 Å². The lowest BCUT2D eigenvalue weighted by Crippen LogP contribution is -2.44. The number of thiazole rings is 1. The van der Waals surface area contributed by atoms with E-state index in [0.717, 1.165) is 32.6 Å². The maximum atomic E-state index is 11.3. The molecule has 82 valence electrons. The second kappa shape index (κ2) is 3.73. The molecule has 0 amide bonds. The number of aryl methyl sites for hydroxylation is 1. The Kier molecular flexibility index (Phi) is 2.38. The molecule has 4 nitrogen and oxygen atoms in total. The van der Waals surface area contributed by atoms with E-state index in [9.17, 15) is 4.79 Å². The van der Waals surface area contributed by atoms with E-state index in [1.165, 1.54) is 28.3 Å². The predicted octanol–water partition coefficient (Wildman–Crippen LogP) is 0.329. The molecule has 1 unspecified atom stereocenters. The van der Waals surface area contributed by atoms with Gasteiger partial charge in [0.05, 0.1) is 0 Å². The van der Waals surface area contributed by atoms with Gasteiger partial charge in [0.25, 0.3) is 0 Å². The highest BCUT2D eigenvalue weighted by molar-refractivity contribution is 7.09. The fourth-order valence-corrected chi connectivity index (χ4v) is 3.63. The zero-order valence-corrected chi connectivity index (χ0v) is 9.40. The normalized spacial score (nSPS) is 26.8. The van der Waals surface area contributed by atoms with Crippen LogP contribution < -0.4 is 10.2 Å². The smallest absolute Gasteiger partial charge is 0.304 e. The largest absolute Gasteiger partial charge is 0.316 e. The van der Waals surface area contributed by atoms with Crippen molar-refractivity contribution < 1.29 is 0 Å². The molecule has 3 rings (SSSR count). The first kappa shape index (κ1) is 9.57. The molecule has 2 heterocycles. The van der Waals surface area contributed by atoms with Crippen molar-refractivity contribution in [2.75, 3.05) is 26.2 Å². The van der Waals surface area contributed by atoms with Crippen LogP contribution in [-0.4, -0.2) is 36.1 Å². The lowest BCUT2D eigenvalue weighted by molar-refractivity contribution is 0.175. The average Bonchev–Trinajstić information content (AvgIpc) is 2.77. The van der Waals surface area contributed by atoms with Crippen LogP contribution >= 0.6 is 11.3 Å². The molecule has 1 aromatic rings. The summed E-state index contributed by atoms with van der Waals surface area (Å²) in [5.74, 6) is 0. The van der Waals surface area contributed by atoms with Crippen LogP contribution in [0.2, 0.25) is 0 Å². The summed E-state index contributed by atoms with van der Waals surface area (Å²) < 4.78 is 0. The minimum atomic E-state index is 0.111. The number of piperazine rings is 1. The Labute approximate surface area is 92.3 Å². The first-order valence-electron chi connectivity index (χ1n) is 5.51. The molecule has 0 bridgehead atoms. The Balaban J connectivity index is 1.85. The van der Waals surface area contributed by atoms with Crippen LogP contribution in [0.4, 0.5) is 0 Å². The number of rotatable bonds is 1. The second-order valence-electron chi connectivity index (χ2n) is 4.20. The highest BCUT2D eigenvalue weighted by Gasteiger charge is 2.31. The number of H-pyrrole nitrogens is 1. The van der Waals surface area contributed by atoms with E-state index in [-0.39, 0.29) is 4.87 Å². The van der Waals surface area contributed by atoms with E-state index in [4.69, 9.17) is 0 Å². The number of nitrogens with zero attached hydrogens (tertiary/aromatic N) is 1. The van der Waals surface area contributed by atoms with Crippen molar-refractivity contribution >= 4 is 11.3 Å². The maximum absolute atomic E-state index is 11.3. The van der Waals surface area contributed by atoms with Crippen molar-refractivity contribution in [3.63, 3.8) is 0 Å². The van der Waals surface area contributed by atoms with E-state index in [1.54, 1.807) is 0 Å². The number of aromatic nitrogens is 1. The summed E-state index contributed by atoms with van der Waals surface area (Å²) in [5, 5.41) is 3.36. The molecular formula is C10H15N3OS. The summed E-state index contributed by atoms with van der Waals surface area (Å²) in [6, 6.07) is 0.506. The highest BCUT2D eigenvalue weighted by Crippen LogP contribution is 2.36. The summed E-state index contributed by atoms with van der Waals surface area (Å²) in [4.78, 5) is 18.1. The van der Waals surface area contributed by atoms with E-state index >= 15 is 0 Å². The molecule has 1 aromatic heterocycles. The summed E-state index contributed by atoms with van der Waals surface area (Å²) in [7, 11) is 0. The van der Waals surface area contributed by atoms with Gasteiger partial charge in [0.2, 0.25) is 0 Å². The van der Waals surface area contributed by atoms with Gasteiger partial charge in [0.1, 0.15) is 0 Å². The van der Waals surface area contributed by atoms with Crippen molar-refractivity contribution in [1.82, 2.24) is 15.2 Å². The second-order valence-corrected chi connectivity index (χ2v) is 5.21. The predicted molar refractivity (Wildman–Crippen MR) is 60.4 cm³/mol. The number of hydrogen-bond acceptors (Lipinski definition) is 4. The summed E-state index contributed by atoms with van der Waals surface area (Å²) >= 11 is 1.41. The topological polar surface area (TPSA) is 48.1 Å². The van der Waals surface area contributed by atoms with Gasteiger partial charge in [-0.1, -0.05) is 11.3 Å². The average molecular weight is 225 g/mol. The Hall–Kier alpha value is -0.650. The van der Waals surface area contributed by atoms with Crippen molar-refractivity contribution in [3.05, 3.63) is 20.2 Å². The molecule has 1 aliphatic heterocycles. The SMILES string of the molecule is O=c1[nH]c2c(s1)C(N1CCNCC1)CC2. The number of nitrogens with one attached hydrogen (secondary N) is 2. The summed E-state index contributed by atoms with van der Waals surface area (Å²) in [6.45, 7) is 4.36. The van der Waals surface area contributed by atoms with Crippen molar-refractivity contribution in [1.29, 1.82) is 0 Å². The zero-order valence-electron chi connectivity index (χ0n) is 8.58. The van der Waals surface area contributed by atoms with E-state index in [0.29, 0.717) is 6.04 Å². The molecule has 15 heavy (non-hydrogen) atoms. The van der Waals surface area contributed by atoms with Crippen molar-refractivity contribution in [2.45, 2.75) is 18.9 Å². The van der Waals surface area contributed by atoms with Crippen LogP contribution in [0.1, 0.15) is 23.0 Å². The van der Waals surface area contributed by atoms with Gasteiger partial charge in [0.15, 0.2) is 0 Å². The lowest BCUT2D eigenvalue weighted by atomic mass is 10.2. The van der Waals surface area contributed by atoms with Gasteiger partial charge in [-0.05, 0) is 12.8 Å². The number of aromatic amines is 1. The van der Waals surface area contributed by atoms with Crippen molar-refractivity contribution in [2.24, 2.45) is 0 Å². The molecule has 5 heteroatoms. The number of fused-ring (bicyclic) bond motifs is 1. The molecule has 1 aliphatic carbocycles. The molecular weight excluding hydrogens is 210 g/mol. The van der Waals surface area contributed by atoms with E-state index in [2.05, 4.69) is 15.2 Å². The third-order valence-corrected chi connectivity index (χ3v) is 4.34. The maximum Gasteiger partial charge on any atom is 0.304 e. The van der Waals surface area contributed by atoms with E-state index in [1.807, 2.05) is 0 Å². The molecule has 2 aliphatic rings. The third-order valence-electron chi connectivity index (χ3n) is 3.32. The third kappa shape index (κ3) is 1.64. The molecule has 0 radical (unpaired) electrons. The van der Waals surface area contributed by atoms with Gasteiger partial charge < -0.3 is 10.3 Å². The highest BCUT2D eigenvalue weighted by atomic mass is 32.1. The minimum Gasteiger partial charge on any atom is -0.316 e. The summed E-state index contributed by atoms with van der Waals surface area (Å²) in [5.41, 5.74) is 1.19. The molecule has 1 saturated heterocycles. The van der Waals surface area contributed by atoms with Crippen molar-refractivity contribution in [3.8, 4) is 0 Å². The van der Waals surface area contributed by atoms with Gasteiger partial charge in [-0.25, -0.2) is 0 Å². The van der Waals surface area contributed by atoms with Gasteiger partial charge in [-0.2, -0.15) is 0 Å². The first-order valence-corrected chi connectivity index (χ1v) is 6.33. The number of hydrogen-bond donors (Lipinski definition) is 2. The van der Waals surface area contributed by atoms with Gasteiger partial charge in [-0.15, -0.1) is 0 Å². The molecule has 0 spiro atoms. The quantitative estimate of drug-likeness (QED) is 0.724. The molecule has 1 fully saturated rings. The lowest BCUT2D eigenvalue weighted by Gasteiger charge is -2.32. The molecule has 2 N–H and O–H groups in total. The molecule has 0 aromatic carbocycles. The molecule has 0 saturated carbocycles. The first-order chi connectivity index (χ1) is 7.34. The standard InChI is InChI=1S/C10H15N3OS/c14-10-12-7-1-2-8(9(7)15-10)13-5-3-11-4-6-13/h8,11H,1-6H2,(H,12,14).